The summed E-state index contributed by atoms with van der Waals surface area (Å²) in [7, 11) is 0. The molecule has 0 amide bonds. The quantitative estimate of drug-likeness (QED) is 0.447. The lowest BCUT2D eigenvalue weighted by molar-refractivity contribution is 0.0579. The number of benzene rings is 1. The van der Waals surface area contributed by atoms with E-state index in [2.05, 4.69) is 19.1 Å². The van der Waals surface area contributed by atoms with E-state index in [4.69, 9.17) is 4.74 Å². The monoisotopic (exact) mass is 388 g/mol. The smallest absolute Gasteiger partial charge is 0.166 e. The summed E-state index contributed by atoms with van der Waals surface area (Å²) in [6.07, 6.45) is 15.5. The van der Waals surface area contributed by atoms with Gasteiger partial charge in [0.05, 0.1) is 6.10 Å². The molecule has 0 aliphatic heterocycles. The van der Waals surface area contributed by atoms with Gasteiger partial charge in [0.25, 0.3) is 0 Å². The molecule has 154 valence electrons. The molecule has 0 spiro atoms. The fourth-order valence-electron chi connectivity index (χ4n) is 4.48. The first-order valence-electron chi connectivity index (χ1n) is 11.0. The van der Waals surface area contributed by atoms with Crippen molar-refractivity contribution in [1.82, 2.24) is 0 Å². The van der Waals surface area contributed by atoms with E-state index < -0.39 is 11.6 Å². The summed E-state index contributed by atoms with van der Waals surface area (Å²) in [4.78, 5) is 0. The molecule has 1 fully saturated rings. The van der Waals surface area contributed by atoms with Crippen LogP contribution in [-0.4, -0.2) is 12.7 Å². The molecule has 3 heteroatoms. The Hall–Kier alpha value is -1.48. The van der Waals surface area contributed by atoms with Gasteiger partial charge in [-0.25, -0.2) is 8.78 Å². The van der Waals surface area contributed by atoms with Crippen molar-refractivity contribution >= 4 is 5.57 Å². The normalized spacial score (nSPS) is 25.9. The second-order valence-electron chi connectivity index (χ2n) is 8.47. The zero-order valence-electron chi connectivity index (χ0n) is 17.4. The van der Waals surface area contributed by atoms with E-state index in [0.29, 0.717) is 30.1 Å². The molecular formula is C25H34F2O. The third kappa shape index (κ3) is 5.53. The first-order chi connectivity index (χ1) is 13.6. The molecule has 1 saturated carbocycles. The van der Waals surface area contributed by atoms with Crippen LogP contribution in [0, 0.1) is 23.5 Å². The maximum absolute atomic E-state index is 14.7. The molecule has 3 rings (SSSR count). The lowest BCUT2D eigenvalue weighted by atomic mass is 9.83. The lowest BCUT2D eigenvalue weighted by Crippen LogP contribution is -2.16. The number of aryl methyl sites for hydroxylation is 1. The molecule has 0 N–H and O–H groups in total. The van der Waals surface area contributed by atoms with Crippen LogP contribution >= 0.6 is 0 Å². The van der Waals surface area contributed by atoms with Gasteiger partial charge in [-0.2, -0.15) is 0 Å². The molecule has 1 unspecified atom stereocenters. The number of allylic oxidation sites excluding steroid dienone is 3. The average Bonchev–Trinajstić information content (AvgIpc) is 2.71. The van der Waals surface area contributed by atoms with Gasteiger partial charge in [0.15, 0.2) is 11.6 Å². The van der Waals surface area contributed by atoms with E-state index >= 15 is 0 Å². The zero-order valence-corrected chi connectivity index (χ0v) is 17.4. The molecule has 2 aliphatic carbocycles. The van der Waals surface area contributed by atoms with Gasteiger partial charge < -0.3 is 4.74 Å². The Labute approximate surface area is 168 Å². The van der Waals surface area contributed by atoms with Crippen molar-refractivity contribution in [3.8, 4) is 0 Å². The fourth-order valence-corrected chi connectivity index (χ4v) is 4.48. The van der Waals surface area contributed by atoms with Gasteiger partial charge in [-0.1, -0.05) is 50.1 Å². The van der Waals surface area contributed by atoms with Crippen LogP contribution in [0.4, 0.5) is 8.78 Å². The first kappa shape index (κ1) is 21.2. The van der Waals surface area contributed by atoms with E-state index in [9.17, 15) is 8.78 Å². The summed E-state index contributed by atoms with van der Waals surface area (Å²) in [5, 5.41) is 0. The maximum Gasteiger partial charge on any atom is 0.166 e. The number of ether oxygens (including phenoxy) is 1. The predicted molar refractivity (Wildman–Crippen MR) is 112 cm³/mol. The van der Waals surface area contributed by atoms with Crippen molar-refractivity contribution in [1.29, 1.82) is 0 Å². The summed E-state index contributed by atoms with van der Waals surface area (Å²) in [5.41, 5.74) is 1.81. The largest absolute Gasteiger partial charge is 0.378 e. The first-order valence-corrected chi connectivity index (χ1v) is 11.0. The zero-order chi connectivity index (χ0) is 19.9. The Kier molecular flexibility index (Phi) is 7.84. The van der Waals surface area contributed by atoms with Crippen LogP contribution in [0.25, 0.3) is 5.57 Å². The minimum absolute atomic E-state index is 0.208. The molecule has 0 radical (unpaired) electrons. The molecule has 1 atom stereocenters. The predicted octanol–water partition coefficient (Wildman–Crippen LogP) is 7.25. The lowest BCUT2D eigenvalue weighted by Gasteiger charge is -2.23. The van der Waals surface area contributed by atoms with Crippen LogP contribution in [0.15, 0.2) is 30.4 Å². The molecule has 0 bridgehead atoms. The van der Waals surface area contributed by atoms with Gasteiger partial charge in [0.1, 0.15) is 0 Å². The highest BCUT2D eigenvalue weighted by Gasteiger charge is 2.20. The number of hydrogen-bond acceptors (Lipinski definition) is 1. The van der Waals surface area contributed by atoms with Crippen molar-refractivity contribution in [2.45, 2.75) is 77.7 Å². The Bertz CT molecular complexity index is 699. The molecule has 0 saturated heterocycles. The molecule has 0 aromatic heterocycles. The van der Waals surface area contributed by atoms with Crippen LogP contribution in [0.1, 0.15) is 76.3 Å². The van der Waals surface area contributed by atoms with Crippen molar-refractivity contribution < 1.29 is 13.5 Å². The van der Waals surface area contributed by atoms with Crippen LogP contribution in [0.5, 0.6) is 0 Å². The second-order valence-corrected chi connectivity index (χ2v) is 8.47. The van der Waals surface area contributed by atoms with Crippen LogP contribution in [-0.2, 0) is 11.2 Å². The standard InChI is InChI=1S/C25H34F2O/c1-3-28-22-15-12-20(13-16-22)23-17-14-21(24(26)25(23)27)7-5-4-6-19-10-8-18(2)9-11-19/h4,6,12,14,17-19,22H,3,5,7-11,13,15-16H2,1-2H3. The van der Waals surface area contributed by atoms with Gasteiger partial charge in [-0.15, -0.1) is 0 Å². The van der Waals surface area contributed by atoms with Crippen molar-refractivity contribution in [2.75, 3.05) is 6.61 Å². The summed E-state index contributed by atoms with van der Waals surface area (Å²) < 4.78 is 34.9. The van der Waals surface area contributed by atoms with E-state index in [1.54, 1.807) is 12.1 Å². The molecule has 1 aromatic carbocycles. The van der Waals surface area contributed by atoms with Gasteiger partial charge in [0.2, 0.25) is 0 Å². The van der Waals surface area contributed by atoms with Crippen molar-refractivity contribution in [2.24, 2.45) is 11.8 Å². The van der Waals surface area contributed by atoms with Crippen LogP contribution < -0.4 is 0 Å². The van der Waals surface area contributed by atoms with Crippen molar-refractivity contribution in [3.05, 3.63) is 53.1 Å². The number of rotatable bonds is 7. The highest BCUT2D eigenvalue weighted by Crippen LogP contribution is 2.32. The van der Waals surface area contributed by atoms with Gasteiger partial charge in [-0.3, -0.25) is 0 Å². The fraction of sp³-hybridized carbons (Fsp3) is 0.600. The summed E-state index contributed by atoms with van der Waals surface area (Å²) >= 11 is 0. The van der Waals surface area contributed by atoms with Gasteiger partial charge in [0, 0.05) is 12.2 Å². The molecular weight excluding hydrogens is 354 g/mol. The summed E-state index contributed by atoms with van der Waals surface area (Å²) in [5.74, 6) is 0.151. The number of halogens is 2. The SMILES string of the molecule is CCOC1CC=C(c2ccc(CCC=CC3CCC(C)CC3)c(F)c2F)CC1. The Balaban J connectivity index is 1.56. The highest BCUT2D eigenvalue weighted by atomic mass is 19.2. The van der Waals surface area contributed by atoms with E-state index in [1.807, 2.05) is 13.0 Å². The van der Waals surface area contributed by atoms with Gasteiger partial charge in [-0.05, 0) is 74.8 Å². The van der Waals surface area contributed by atoms with E-state index in [1.165, 1.54) is 25.7 Å². The topological polar surface area (TPSA) is 9.23 Å². The third-order valence-electron chi connectivity index (χ3n) is 6.32. The minimum atomic E-state index is -0.691. The van der Waals surface area contributed by atoms with Crippen molar-refractivity contribution in [3.63, 3.8) is 0 Å². The highest BCUT2D eigenvalue weighted by molar-refractivity contribution is 5.67. The van der Waals surface area contributed by atoms with Crippen LogP contribution in [0.3, 0.4) is 0 Å². The Morgan fingerprint density at radius 3 is 2.54 bits per heavy atom. The molecule has 1 aromatic rings. The molecule has 0 heterocycles. The molecule has 2 aliphatic rings. The van der Waals surface area contributed by atoms with Gasteiger partial charge >= 0.3 is 0 Å². The Morgan fingerprint density at radius 2 is 1.86 bits per heavy atom. The molecule has 28 heavy (non-hydrogen) atoms. The Morgan fingerprint density at radius 1 is 1.07 bits per heavy atom. The third-order valence-corrected chi connectivity index (χ3v) is 6.32. The summed E-state index contributed by atoms with van der Waals surface area (Å²) in [6.45, 7) is 5.00. The number of hydrogen-bond donors (Lipinski definition) is 0. The van der Waals surface area contributed by atoms with Crippen LogP contribution in [0.2, 0.25) is 0 Å². The minimum Gasteiger partial charge on any atom is -0.378 e. The average molecular weight is 389 g/mol. The summed E-state index contributed by atoms with van der Waals surface area (Å²) in [6, 6.07) is 3.52. The van der Waals surface area contributed by atoms with E-state index in [0.717, 1.165) is 37.2 Å². The maximum atomic E-state index is 14.7. The molecule has 1 nitrogen and oxygen atoms in total. The van der Waals surface area contributed by atoms with E-state index in [-0.39, 0.29) is 6.10 Å². The second kappa shape index (κ2) is 10.3.